The van der Waals surface area contributed by atoms with Gasteiger partial charge in [0.15, 0.2) is 0 Å². The van der Waals surface area contributed by atoms with Crippen LogP contribution in [0.3, 0.4) is 0 Å². The predicted molar refractivity (Wildman–Crippen MR) is 117 cm³/mol. The fourth-order valence-corrected chi connectivity index (χ4v) is 5.11. The molecule has 2 aliphatic rings. The van der Waals surface area contributed by atoms with Crippen LogP contribution in [0.25, 0.3) is 0 Å². The van der Waals surface area contributed by atoms with E-state index in [0.717, 1.165) is 12.1 Å². The molecule has 1 atom stereocenters. The van der Waals surface area contributed by atoms with Gasteiger partial charge in [-0.3, -0.25) is 4.99 Å². The molecule has 4 rings (SSSR count). The average Bonchev–Trinajstić information content (AvgIpc) is 3.32. The van der Waals surface area contributed by atoms with Crippen LogP contribution in [0.2, 0.25) is 0 Å². The van der Waals surface area contributed by atoms with Gasteiger partial charge in [0.25, 0.3) is 0 Å². The molecule has 0 amide bonds. The molecular formula is C24H35ClN2. The minimum Gasteiger partial charge on any atom is -0.364 e. The van der Waals surface area contributed by atoms with Gasteiger partial charge in [0.05, 0.1) is 17.1 Å². The molecule has 2 aromatic carbocycles. The number of nitrogens with zero attached hydrogens (tertiary/aromatic N) is 2. The summed E-state index contributed by atoms with van der Waals surface area (Å²) in [5.74, 6) is 0. The molecule has 2 nitrogen and oxygen atoms in total. The monoisotopic (exact) mass is 386 g/mol. The van der Waals surface area contributed by atoms with Crippen molar-refractivity contribution in [1.82, 2.24) is 0 Å². The summed E-state index contributed by atoms with van der Waals surface area (Å²) in [7, 11) is 0. The van der Waals surface area contributed by atoms with E-state index < -0.39 is 0 Å². The maximum Gasteiger partial charge on any atom is 0.0869 e. The first-order valence-electron chi connectivity index (χ1n) is 10.9. The molecule has 27 heavy (non-hydrogen) atoms. The van der Waals surface area contributed by atoms with Gasteiger partial charge in [-0.2, -0.15) is 0 Å². The second-order valence-corrected chi connectivity index (χ2v) is 8.53. The molecule has 0 unspecified atom stereocenters. The van der Waals surface area contributed by atoms with Crippen molar-refractivity contribution in [3.8, 4) is 0 Å². The Morgan fingerprint density at radius 1 is 0.852 bits per heavy atom. The highest BCUT2D eigenvalue weighted by atomic mass is 35.5. The molecule has 148 valence electrons. The van der Waals surface area contributed by atoms with Gasteiger partial charge in [-0.05, 0) is 45.1 Å². The van der Waals surface area contributed by atoms with Crippen LogP contribution >= 0.6 is 12.4 Å². The molecule has 0 saturated heterocycles. The van der Waals surface area contributed by atoms with Gasteiger partial charge >= 0.3 is 0 Å². The van der Waals surface area contributed by atoms with Crippen molar-refractivity contribution >= 4 is 18.1 Å². The van der Waals surface area contributed by atoms with Crippen molar-refractivity contribution in [3.63, 3.8) is 0 Å². The molecule has 2 aromatic rings. The van der Waals surface area contributed by atoms with Gasteiger partial charge in [0, 0.05) is 17.6 Å². The SMILES string of the molecule is Cc1c(N(C2CCCCC2)C2CCCCC2)c1=N[C@@H](C)c1ccccc1.Cl. The van der Waals surface area contributed by atoms with Crippen molar-refractivity contribution in [2.45, 2.75) is 96.2 Å². The Hall–Kier alpha value is -1.28. The van der Waals surface area contributed by atoms with Gasteiger partial charge in [0.1, 0.15) is 0 Å². The number of hydrogen-bond donors (Lipinski definition) is 0. The van der Waals surface area contributed by atoms with Crippen molar-refractivity contribution in [1.29, 1.82) is 0 Å². The standard InChI is InChI=1S/C24H34N2.ClH/c1-18-23(25-19(2)20-12-6-3-7-13-20)24(18)26(21-14-8-4-9-15-21)22-16-10-5-11-17-22;/h3,6-7,12-13,19,21-22H,4-5,8-11,14-17H2,1-2H3;1H/t19-;/m0./s1. The van der Waals surface area contributed by atoms with Gasteiger partial charge in [-0.15, -0.1) is 12.4 Å². The predicted octanol–water partition coefficient (Wildman–Crippen LogP) is 6.43. The first kappa shape index (κ1) is 20.5. The molecule has 2 saturated carbocycles. The summed E-state index contributed by atoms with van der Waals surface area (Å²) >= 11 is 0. The molecule has 2 fully saturated rings. The van der Waals surface area contributed by atoms with Crippen LogP contribution in [0.4, 0.5) is 5.69 Å². The Bertz CT molecular complexity index is 699. The number of anilines is 1. The highest BCUT2D eigenvalue weighted by molar-refractivity contribution is 5.85. The van der Waals surface area contributed by atoms with E-state index in [0.29, 0.717) is 0 Å². The maximum atomic E-state index is 5.13. The number of benzene rings is 1. The minimum absolute atomic E-state index is 0. The van der Waals surface area contributed by atoms with E-state index >= 15 is 0 Å². The Balaban J connectivity index is 0.00000210. The molecule has 2 aliphatic carbocycles. The highest BCUT2D eigenvalue weighted by Gasteiger charge is 2.34. The molecule has 0 heterocycles. The van der Waals surface area contributed by atoms with Crippen molar-refractivity contribution in [2.75, 3.05) is 4.90 Å². The van der Waals surface area contributed by atoms with Gasteiger partial charge in [0.2, 0.25) is 0 Å². The van der Waals surface area contributed by atoms with E-state index in [1.165, 1.54) is 86.4 Å². The Morgan fingerprint density at radius 3 is 1.89 bits per heavy atom. The second kappa shape index (κ2) is 9.28. The third-order valence-electron chi connectivity index (χ3n) is 6.67. The van der Waals surface area contributed by atoms with E-state index in [-0.39, 0.29) is 18.4 Å². The largest absolute Gasteiger partial charge is 0.364 e. The smallest absolute Gasteiger partial charge is 0.0869 e. The van der Waals surface area contributed by atoms with E-state index in [1.807, 2.05) is 0 Å². The normalized spacial score (nSPS) is 21.2. The van der Waals surface area contributed by atoms with Gasteiger partial charge < -0.3 is 4.90 Å². The summed E-state index contributed by atoms with van der Waals surface area (Å²) in [5, 5.41) is 1.32. The summed E-state index contributed by atoms with van der Waals surface area (Å²) < 4.78 is 0. The molecule has 0 bridgehead atoms. The van der Waals surface area contributed by atoms with E-state index in [2.05, 4.69) is 49.1 Å². The Labute approximate surface area is 171 Å². The molecule has 0 radical (unpaired) electrons. The molecular weight excluding hydrogens is 352 g/mol. The van der Waals surface area contributed by atoms with Crippen molar-refractivity contribution in [3.05, 3.63) is 46.8 Å². The fraction of sp³-hybridized carbons (Fsp3) is 0.625. The highest BCUT2D eigenvalue weighted by Crippen LogP contribution is 2.37. The third-order valence-corrected chi connectivity index (χ3v) is 6.67. The van der Waals surface area contributed by atoms with E-state index in [4.69, 9.17) is 4.99 Å². The number of rotatable bonds is 5. The maximum absolute atomic E-state index is 5.13. The minimum atomic E-state index is 0. The average molecular weight is 387 g/mol. The fourth-order valence-electron chi connectivity index (χ4n) is 5.11. The van der Waals surface area contributed by atoms with Crippen molar-refractivity contribution < 1.29 is 0 Å². The van der Waals surface area contributed by atoms with E-state index in [1.54, 1.807) is 0 Å². The van der Waals surface area contributed by atoms with Crippen LogP contribution in [0.5, 0.6) is 0 Å². The number of hydrogen-bond acceptors (Lipinski definition) is 2. The quantitative estimate of drug-likeness (QED) is 0.578. The van der Waals surface area contributed by atoms with Crippen LogP contribution < -0.4 is 10.3 Å². The lowest BCUT2D eigenvalue weighted by Gasteiger charge is -2.41. The zero-order valence-electron chi connectivity index (χ0n) is 17.0. The van der Waals surface area contributed by atoms with Crippen LogP contribution in [0, 0.1) is 6.92 Å². The summed E-state index contributed by atoms with van der Waals surface area (Å²) in [5.41, 5.74) is 4.30. The first-order valence-corrected chi connectivity index (χ1v) is 10.9. The lowest BCUT2D eigenvalue weighted by molar-refractivity contribution is 0.341. The van der Waals surface area contributed by atoms with Crippen molar-refractivity contribution in [2.24, 2.45) is 4.99 Å². The molecule has 0 aliphatic heterocycles. The molecule has 0 aromatic heterocycles. The molecule has 0 spiro atoms. The van der Waals surface area contributed by atoms with Gasteiger partial charge in [-0.1, -0.05) is 68.9 Å². The number of halogens is 1. The zero-order chi connectivity index (χ0) is 17.9. The van der Waals surface area contributed by atoms with Crippen LogP contribution in [-0.2, 0) is 0 Å². The van der Waals surface area contributed by atoms with Crippen LogP contribution in [-0.4, -0.2) is 12.1 Å². The zero-order valence-corrected chi connectivity index (χ0v) is 17.8. The topological polar surface area (TPSA) is 15.6 Å². The van der Waals surface area contributed by atoms with Crippen LogP contribution in [0.1, 0.15) is 88.3 Å². The van der Waals surface area contributed by atoms with E-state index in [9.17, 15) is 0 Å². The summed E-state index contributed by atoms with van der Waals surface area (Å²) in [6.07, 6.45) is 14.0. The summed E-state index contributed by atoms with van der Waals surface area (Å²) in [6.45, 7) is 4.53. The Kier molecular flexibility index (Phi) is 7.03. The lowest BCUT2D eigenvalue weighted by Crippen LogP contribution is -2.45. The third kappa shape index (κ3) is 4.59. The summed E-state index contributed by atoms with van der Waals surface area (Å²) in [4.78, 5) is 7.98. The molecule has 3 heteroatoms. The summed E-state index contributed by atoms with van der Waals surface area (Å²) in [6, 6.07) is 12.5. The lowest BCUT2D eigenvalue weighted by atomic mass is 9.88. The Morgan fingerprint density at radius 2 is 1.37 bits per heavy atom. The second-order valence-electron chi connectivity index (χ2n) is 8.53. The van der Waals surface area contributed by atoms with Crippen LogP contribution in [0.15, 0.2) is 35.3 Å². The first-order chi connectivity index (χ1) is 12.8. The van der Waals surface area contributed by atoms with Gasteiger partial charge in [-0.25, -0.2) is 0 Å². The molecule has 0 N–H and O–H groups in total.